The lowest BCUT2D eigenvalue weighted by Crippen LogP contribution is -2.10. The van der Waals surface area contributed by atoms with Gasteiger partial charge in [-0.1, -0.05) is 0 Å². The molecule has 0 aliphatic heterocycles. The Kier molecular flexibility index (Phi) is 3.38. The Hall–Kier alpha value is -2.67. The monoisotopic (exact) mass is 339 g/mol. The topological polar surface area (TPSA) is 64.7 Å². The lowest BCUT2D eigenvalue weighted by Gasteiger charge is -2.05. The number of hydrogen-bond donors (Lipinski definition) is 1. The Morgan fingerprint density at radius 2 is 2.17 bits per heavy atom. The van der Waals surface area contributed by atoms with Crippen molar-refractivity contribution in [1.82, 2.24) is 19.6 Å². The summed E-state index contributed by atoms with van der Waals surface area (Å²) in [5.74, 6) is -0.0995. The van der Waals surface area contributed by atoms with Crippen molar-refractivity contribution in [3.63, 3.8) is 0 Å². The van der Waals surface area contributed by atoms with Gasteiger partial charge in [0.1, 0.15) is 4.83 Å². The summed E-state index contributed by atoms with van der Waals surface area (Å²) in [7, 11) is 1.90. The highest BCUT2D eigenvalue weighted by Crippen LogP contribution is 2.28. The molecule has 0 saturated carbocycles. The maximum atomic E-state index is 12.6. The van der Waals surface area contributed by atoms with E-state index in [1.54, 1.807) is 0 Å². The fourth-order valence-corrected chi connectivity index (χ4v) is 3.93. The molecule has 0 bridgehead atoms. The van der Waals surface area contributed by atoms with Crippen molar-refractivity contribution in [2.45, 2.75) is 20.4 Å². The van der Waals surface area contributed by atoms with Crippen molar-refractivity contribution in [2.24, 2.45) is 7.05 Å². The first-order chi connectivity index (χ1) is 11.6. The summed E-state index contributed by atoms with van der Waals surface area (Å²) in [5, 5.41) is 13.8. The minimum absolute atomic E-state index is 0.0995. The molecule has 0 unspecified atom stereocenters. The molecule has 0 radical (unpaired) electrons. The lowest BCUT2D eigenvalue weighted by atomic mass is 10.2. The number of aromatic nitrogens is 4. The molecule has 0 fully saturated rings. The molecule has 3 heterocycles. The Morgan fingerprint density at radius 1 is 1.33 bits per heavy atom. The number of hydrogen-bond acceptors (Lipinski definition) is 4. The Morgan fingerprint density at radius 3 is 2.92 bits per heavy atom. The zero-order chi connectivity index (χ0) is 16.8. The molecule has 4 rings (SSSR count). The number of aryl methyl sites for hydroxylation is 3. The van der Waals surface area contributed by atoms with Gasteiger partial charge >= 0.3 is 0 Å². The van der Waals surface area contributed by atoms with E-state index in [4.69, 9.17) is 0 Å². The van der Waals surface area contributed by atoms with Crippen molar-refractivity contribution in [2.75, 3.05) is 5.32 Å². The fraction of sp³-hybridized carbons (Fsp3) is 0.235. The SMILES string of the molecule is CCn1ncc2ccc(NC(=O)c3cc4c(C)nn(C)c4s3)cc21. The van der Waals surface area contributed by atoms with Crippen LogP contribution in [0.25, 0.3) is 21.1 Å². The fourth-order valence-electron chi connectivity index (χ4n) is 2.91. The molecule has 0 saturated heterocycles. The molecule has 3 aromatic heterocycles. The normalized spacial score (nSPS) is 11.5. The molecule has 0 spiro atoms. The lowest BCUT2D eigenvalue weighted by molar-refractivity contribution is 0.103. The van der Waals surface area contributed by atoms with E-state index >= 15 is 0 Å². The number of amides is 1. The van der Waals surface area contributed by atoms with Crippen LogP contribution in [0.2, 0.25) is 0 Å². The predicted molar refractivity (Wildman–Crippen MR) is 96.7 cm³/mol. The maximum absolute atomic E-state index is 12.6. The highest BCUT2D eigenvalue weighted by molar-refractivity contribution is 7.20. The summed E-state index contributed by atoms with van der Waals surface area (Å²) in [4.78, 5) is 14.3. The molecule has 6 nitrogen and oxygen atoms in total. The van der Waals surface area contributed by atoms with E-state index < -0.39 is 0 Å². The molecule has 0 aliphatic carbocycles. The quantitative estimate of drug-likeness (QED) is 0.620. The summed E-state index contributed by atoms with van der Waals surface area (Å²) < 4.78 is 3.73. The van der Waals surface area contributed by atoms with Gasteiger partial charge in [-0.05, 0) is 38.1 Å². The minimum Gasteiger partial charge on any atom is -0.321 e. The molecule has 1 amide bonds. The zero-order valence-corrected chi connectivity index (χ0v) is 14.5. The van der Waals surface area contributed by atoms with Gasteiger partial charge in [0.05, 0.1) is 22.3 Å². The Balaban J connectivity index is 1.66. The third-order valence-electron chi connectivity index (χ3n) is 4.12. The van der Waals surface area contributed by atoms with Gasteiger partial charge in [0.25, 0.3) is 5.91 Å². The molecule has 24 heavy (non-hydrogen) atoms. The number of nitrogens with one attached hydrogen (secondary N) is 1. The summed E-state index contributed by atoms with van der Waals surface area (Å²) in [6.45, 7) is 4.80. The van der Waals surface area contributed by atoms with Crippen molar-refractivity contribution < 1.29 is 4.79 Å². The van der Waals surface area contributed by atoms with Crippen LogP contribution in [-0.4, -0.2) is 25.5 Å². The Labute approximate surface area is 142 Å². The van der Waals surface area contributed by atoms with Gasteiger partial charge in [0.15, 0.2) is 0 Å². The molecule has 122 valence electrons. The van der Waals surface area contributed by atoms with Crippen LogP contribution in [0, 0.1) is 6.92 Å². The molecular formula is C17H17N5OS. The molecule has 0 atom stereocenters. The van der Waals surface area contributed by atoms with Crippen LogP contribution < -0.4 is 5.32 Å². The summed E-state index contributed by atoms with van der Waals surface area (Å²) in [5.41, 5.74) is 2.73. The average molecular weight is 339 g/mol. The van der Waals surface area contributed by atoms with Crippen molar-refractivity contribution in [3.8, 4) is 0 Å². The van der Waals surface area contributed by atoms with E-state index in [9.17, 15) is 4.79 Å². The molecule has 0 aliphatic rings. The molecule has 1 N–H and O–H groups in total. The second-order valence-corrected chi connectivity index (χ2v) is 6.76. The van der Waals surface area contributed by atoms with Crippen LogP contribution in [0.1, 0.15) is 22.3 Å². The predicted octanol–water partition coefficient (Wildman–Crippen LogP) is 3.57. The van der Waals surface area contributed by atoms with Gasteiger partial charge in [-0.3, -0.25) is 14.2 Å². The Bertz CT molecular complexity index is 1040. The number of rotatable bonds is 3. The minimum atomic E-state index is -0.0995. The summed E-state index contributed by atoms with van der Waals surface area (Å²) >= 11 is 1.46. The third kappa shape index (κ3) is 2.28. The third-order valence-corrected chi connectivity index (χ3v) is 5.32. The standard InChI is InChI=1S/C17H17N5OS/c1-4-22-14-7-12(6-5-11(14)9-18-22)19-16(23)15-8-13-10(2)20-21(3)17(13)24-15/h5-9H,4H2,1-3H3,(H,19,23). The number of nitrogens with zero attached hydrogens (tertiary/aromatic N) is 4. The number of thiophene rings is 1. The smallest absolute Gasteiger partial charge is 0.265 e. The molecular weight excluding hydrogens is 322 g/mol. The first-order valence-corrected chi connectivity index (χ1v) is 8.58. The molecule has 4 aromatic rings. The van der Waals surface area contributed by atoms with Crippen LogP contribution >= 0.6 is 11.3 Å². The maximum Gasteiger partial charge on any atom is 0.265 e. The molecule has 1 aromatic carbocycles. The van der Waals surface area contributed by atoms with Gasteiger partial charge in [0, 0.05) is 30.1 Å². The van der Waals surface area contributed by atoms with Gasteiger partial charge < -0.3 is 5.32 Å². The van der Waals surface area contributed by atoms with Crippen LogP contribution in [0.5, 0.6) is 0 Å². The van der Waals surface area contributed by atoms with Crippen LogP contribution in [0.4, 0.5) is 5.69 Å². The van der Waals surface area contributed by atoms with E-state index in [0.717, 1.165) is 39.0 Å². The summed E-state index contributed by atoms with van der Waals surface area (Å²) in [6, 6.07) is 7.75. The number of carbonyl (C=O) groups excluding carboxylic acids is 1. The van der Waals surface area contributed by atoms with Gasteiger partial charge in [0.2, 0.25) is 0 Å². The molecule has 7 heteroatoms. The average Bonchev–Trinajstić information content (AvgIpc) is 3.24. The van der Waals surface area contributed by atoms with E-state index in [-0.39, 0.29) is 5.91 Å². The highest BCUT2D eigenvalue weighted by Gasteiger charge is 2.15. The first-order valence-electron chi connectivity index (χ1n) is 7.77. The van der Waals surface area contributed by atoms with Crippen LogP contribution in [-0.2, 0) is 13.6 Å². The van der Waals surface area contributed by atoms with Crippen molar-refractivity contribution in [1.29, 1.82) is 0 Å². The van der Waals surface area contributed by atoms with Crippen molar-refractivity contribution >= 4 is 44.1 Å². The summed E-state index contributed by atoms with van der Waals surface area (Å²) in [6.07, 6.45) is 1.84. The number of benzene rings is 1. The number of fused-ring (bicyclic) bond motifs is 2. The largest absolute Gasteiger partial charge is 0.321 e. The number of anilines is 1. The second-order valence-electron chi connectivity index (χ2n) is 5.73. The van der Waals surface area contributed by atoms with Gasteiger partial charge in [-0.2, -0.15) is 10.2 Å². The van der Waals surface area contributed by atoms with E-state index in [1.807, 2.05) is 60.7 Å². The van der Waals surface area contributed by atoms with E-state index in [0.29, 0.717) is 4.88 Å². The van der Waals surface area contributed by atoms with E-state index in [2.05, 4.69) is 15.5 Å². The van der Waals surface area contributed by atoms with E-state index in [1.165, 1.54) is 11.3 Å². The highest BCUT2D eigenvalue weighted by atomic mass is 32.1. The van der Waals surface area contributed by atoms with Gasteiger partial charge in [-0.25, -0.2) is 0 Å². The number of carbonyl (C=O) groups is 1. The van der Waals surface area contributed by atoms with Gasteiger partial charge in [-0.15, -0.1) is 11.3 Å². The second kappa shape index (κ2) is 5.45. The van der Waals surface area contributed by atoms with Crippen LogP contribution in [0.3, 0.4) is 0 Å². The van der Waals surface area contributed by atoms with Crippen LogP contribution in [0.15, 0.2) is 30.5 Å². The van der Waals surface area contributed by atoms with Crippen molar-refractivity contribution in [3.05, 3.63) is 41.0 Å². The zero-order valence-electron chi connectivity index (χ0n) is 13.7. The first kappa shape index (κ1) is 14.9.